The number of para-hydroxylation sites is 1. The molecular weight excluding hydrogens is 264 g/mol. The molecule has 0 fully saturated rings. The number of alkyl halides is 1. The third-order valence-electron chi connectivity index (χ3n) is 2.68. The molecule has 0 aliphatic rings. The van der Waals surface area contributed by atoms with E-state index in [2.05, 4.69) is 12.1 Å². The van der Waals surface area contributed by atoms with Crippen molar-refractivity contribution in [1.29, 1.82) is 0 Å². The van der Waals surface area contributed by atoms with E-state index in [4.69, 9.17) is 16.3 Å². The minimum atomic E-state index is 0.530. The van der Waals surface area contributed by atoms with Gasteiger partial charge in [-0.15, -0.1) is 23.4 Å². The highest BCUT2D eigenvalue weighted by atomic mass is 35.5. The molecule has 2 aromatic carbocycles. The summed E-state index contributed by atoms with van der Waals surface area (Å²) in [5, 5.41) is 0. The van der Waals surface area contributed by atoms with Crippen molar-refractivity contribution in [3.63, 3.8) is 0 Å². The lowest BCUT2D eigenvalue weighted by Crippen LogP contribution is -1.90. The first-order valence-electron chi connectivity index (χ1n) is 5.71. The van der Waals surface area contributed by atoms with Gasteiger partial charge in [-0.3, -0.25) is 0 Å². The van der Waals surface area contributed by atoms with E-state index in [0.29, 0.717) is 5.88 Å². The smallest absolute Gasteiger partial charge is 0.140 e. The van der Waals surface area contributed by atoms with Gasteiger partial charge in [0, 0.05) is 10.8 Å². The van der Waals surface area contributed by atoms with Crippen molar-refractivity contribution in [2.75, 3.05) is 6.26 Å². The average Bonchev–Trinajstić information content (AvgIpc) is 2.41. The molecule has 0 spiro atoms. The summed E-state index contributed by atoms with van der Waals surface area (Å²) in [6, 6.07) is 14.1. The molecule has 0 aliphatic carbocycles. The van der Waals surface area contributed by atoms with Crippen LogP contribution in [0.3, 0.4) is 0 Å². The lowest BCUT2D eigenvalue weighted by atomic mass is 10.1. The summed E-state index contributed by atoms with van der Waals surface area (Å²) in [5.41, 5.74) is 2.21. The van der Waals surface area contributed by atoms with Gasteiger partial charge in [0.25, 0.3) is 0 Å². The largest absolute Gasteiger partial charge is 0.456 e. The van der Waals surface area contributed by atoms with Crippen molar-refractivity contribution >= 4 is 23.4 Å². The summed E-state index contributed by atoms with van der Waals surface area (Å²) in [6.45, 7) is 2.03. The Morgan fingerprint density at radius 1 is 1.11 bits per heavy atom. The molecule has 94 valence electrons. The number of rotatable bonds is 4. The van der Waals surface area contributed by atoms with Crippen LogP contribution in [0.4, 0.5) is 0 Å². The van der Waals surface area contributed by atoms with Crippen molar-refractivity contribution in [3.8, 4) is 11.5 Å². The second kappa shape index (κ2) is 6.17. The normalized spacial score (nSPS) is 10.4. The fourth-order valence-corrected chi connectivity index (χ4v) is 2.42. The second-order valence-corrected chi connectivity index (χ2v) is 5.10. The van der Waals surface area contributed by atoms with E-state index in [1.807, 2.05) is 43.5 Å². The molecule has 1 nitrogen and oxygen atoms in total. The SMILES string of the molecule is CSc1ccccc1Oc1ccc(CCl)cc1C. The Morgan fingerprint density at radius 2 is 1.89 bits per heavy atom. The van der Waals surface area contributed by atoms with Crippen LogP contribution in [0.25, 0.3) is 0 Å². The molecule has 0 aromatic heterocycles. The van der Waals surface area contributed by atoms with Crippen LogP contribution in [-0.2, 0) is 5.88 Å². The quantitative estimate of drug-likeness (QED) is 0.558. The van der Waals surface area contributed by atoms with Crippen LogP contribution in [0, 0.1) is 6.92 Å². The Labute approximate surface area is 117 Å². The molecular formula is C15H15ClOS. The zero-order valence-electron chi connectivity index (χ0n) is 10.4. The number of halogens is 1. The summed E-state index contributed by atoms with van der Waals surface area (Å²) in [7, 11) is 0. The molecule has 0 bridgehead atoms. The molecule has 18 heavy (non-hydrogen) atoms. The van der Waals surface area contributed by atoms with Crippen molar-refractivity contribution in [2.24, 2.45) is 0 Å². The zero-order chi connectivity index (χ0) is 13.0. The summed E-state index contributed by atoms with van der Waals surface area (Å²) < 4.78 is 5.97. The van der Waals surface area contributed by atoms with Gasteiger partial charge in [0.15, 0.2) is 0 Å². The third kappa shape index (κ3) is 3.01. The summed E-state index contributed by atoms with van der Waals surface area (Å²) in [6.07, 6.45) is 2.05. The molecule has 2 aromatic rings. The number of aryl methyl sites for hydroxylation is 1. The predicted molar refractivity (Wildman–Crippen MR) is 79.0 cm³/mol. The van der Waals surface area contributed by atoms with Crippen LogP contribution in [0.15, 0.2) is 47.4 Å². The Kier molecular flexibility index (Phi) is 4.56. The van der Waals surface area contributed by atoms with Crippen LogP contribution in [-0.4, -0.2) is 6.26 Å². The lowest BCUT2D eigenvalue weighted by Gasteiger charge is -2.12. The first-order chi connectivity index (χ1) is 8.74. The standard InChI is InChI=1S/C15H15ClOS/c1-11-9-12(10-16)7-8-13(11)17-14-5-3-4-6-15(14)18-2/h3-9H,10H2,1-2H3. The molecule has 0 heterocycles. The molecule has 0 radical (unpaired) electrons. The van der Waals surface area contributed by atoms with Gasteiger partial charge < -0.3 is 4.74 Å². The van der Waals surface area contributed by atoms with E-state index in [-0.39, 0.29) is 0 Å². The Morgan fingerprint density at radius 3 is 2.56 bits per heavy atom. The van der Waals surface area contributed by atoms with E-state index < -0.39 is 0 Å². The minimum Gasteiger partial charge on any atom is -0.456 e. The minimum absolute atomic E-state index is 0.530. The molecule has 3 heteroatoms. The first kappa shape index (κ1) is 13.3. The fraction of sp³-hybridized carbons (Fsp3) is 0.200. The second-order valence-electron chi connectivity index (χ2n) is 3.99. The number of benzene rings is 2. The molecule has 0 amide bonds. The number of hydrogen-bond acceptors (Lipinski definition) is 2. The van der Waals surface area contributed by atoms with Crippen LogP contribution in [0.2, 0.25) is 0 Å². The monoisotopic (exact) mass is 278 g/mol. The molecule has 0 saturated heterocycles. The van der Waals surface area contributed by atoms with Gasteiger partial charge in [-0.1, -0.05) is 24.3 Å². The number of ether oxygens (including phenoxy) is 1. The summed E-state index contributed by atoms with van der Waals surface area (Å²) in [4.78, 5) is 1.14. The maximum Gasteiger partial charge on any atom is 0.140 e. The Hall–Kier alpha value is -1.12. The molecule has 0 aliphatic heterocycles. The van der Waals surface area contributed by atoms with Crippen LogP contribution in [0.5, 0.6) is 11.5 Å². The number of thioether (sulfide) groups is 1. The van der Waals surface area contributed by atoms with Crippen molar-refractivity contribution < 1.29 is 4.74 Å². The first-order valence-corrected chi connectivity index (χ1v) is 7.47. The van der Waals surface area contributed by atoms with E-state index >= 15 is 0 Å². The van der Waals surface area contributed by atoms with Crippen molar-refractivity contribution in [2.45, 2.75) is 17.7 Å². The van der Waals surface area contributed by atoms with Gasteiger partial charge in [-0.25, -0.2) is 0 Å². The molecule has 0 N–H and O–H groups in total. The van der Waals surface area contributed by atoms with E-state index in [9.17, 15) is 0 Å². The molecule has 2 rings (SSSR count). The van der Waals surface area contributed by atoms with Crippen molar-refractivity contribution in [3.05, 3.63) is 53.6 Å². The van der Waals surface area contributed by atoms with Crippen LogP contribution in [0.1, 0.15) is 11.1 Å². The Bertz CT molecular complexity index is 540. The summed E-state index contributed by atoms with van der Waals surface area (Å²) in [5.74, 6) is 2.31. The van der Waals surface area contributed by atoms with E-state index in [0.717, 1.165) is 27.5 Å². The fourth-order valence-electron chi connectivity index (χ4n) is 1.73. The highest BCUT2D eigenvalue weighted by Crippen LogP contribution is 2.32. The van der Waals surface area contributed by atoms with Gasteiger partial charge in [0.05, 0.1) is 0 Å². The maximum atomic E-state index is 5.97. The van der Waals surface area contributed by atoms with Gasteiger partial charge in [-0.05, 0) is 42.5 Å². The van der Waals surface area contributed by atoms with E-state index in [1.54, 1.807) is 11.8 Å². The van der Waals surface area contributed by atoms with Crippen molar-refractivity contribution in [1.82, 2.24) is 0 Å². The predicted octanol–water partition coefficient (Wildman–Crippen LogP) is 5.25. The molecule has 0 atom stereocenters. The molecule has 0 unspecified atom stereocenters. The van der Waals surface area contributed by atoms with Gasteiger partial charge in [0.1, 0.15) is 11.5 Å². The topological polar surface area (TPSA) is 9.23 Å². The number of hydrogen-bond donors (Lipinski definition) is 0. The van der Waals surface area contributed by atoms with E-state index in [1.165, 1.54) is 0 Å². The van der Waals surface area contributed by atoms with Gasteiger partial charge in [-0.2, -0.15) is 0 Å². The zero-order valence-corrected chi connectivity index (χ0v) is 12.0. The Balaban J connectivity index is 2.28. The van der Waals surface area contributed by atoms with Gasteiger partial charge in [0.2, 0.25) is 0 Å². The summed E-state index contributed by atoms with van der Waals surface area (Å²) >= 11 is 7.50. The van der Waals surface area contributed by atoms with Crippen LogP contribution >= 0.6 is 23.4 Å². The lowest BCUT2D eigenvalue weighted by molar-refractivity contribution is 0.467. The molecule has 0 saturated carbocycles. The van der Waals surface area contributed by atoms with Crippen LogP contribution < -0.4 is 4.74 Å². The van der Waals surface area contributed by atoms with Gasteiger partial charge >= 0.3 is 0 Å². The maximum absolute atomic E-state index is 5.97. The average molecular weight is 279 g/mol. The third-order valence-corrected chi connectivity index (χ3v) is 3.77. The highest BCUT2D eigenvalue weighted by Gasteiger charge is 2.06. The highest BCUT2D eigenvalue weighted by molar-refractivity contribution is 7.98.